The third-order valence-electron chi connectivity index (χ3n) is 2.60. The molecule has 0 saturated carbocycles. The van der Waals surface area contributed by atoms with Crippen LogP contribution in [0.15, 0.2) is 16.7 Å². The number of ether oxygens (including phenoxy) is 2. The van der Waals surface area contributed by atoms with Gasteiger partial charge in [-0.2, -0.15) is 0 Å². The van der Waals surface area contributed by atoms with Crippen molar-refractivity contribution in [2.75, 3.05) is 19.8 Å². The number of halogens is 2. The van der Waals surface area contributed by atoms with E-state index in [1.165, 1.54) is 0 Å². The molecular weight excluding hydrogens is 385 g/mol. The van der Waals surface area contributed by atoms with Crippen LogP contribution >= 0.6 is 38.5 Å². The second-order valence-corrected chi connectivity index (χ2v) is 5.65. The summed E-state index contributed by atoms with van der Waals surface area (Å²) in [5.74, 6) is 1.44. The maximum Gasteiger partial charge on any atom is 0.152 e. The van der Waals surface area contributed by atoms with Crippen molar-refractivity contribution in [2.24, 2.45) is 5.92 Å². The molecule has 0 atom stereocenters. The van der Waals surface area contributed by atoms with Crippen LogP contribution in [-0.4, -0.2) is 24.8 Å². The summed E-state index contributed by atoms with van der Waals surface area (Å²) in [6.07, 6.45) is 2.19. The number of hydrogen-bond acceptors (Lipinski definition) is 3. The van der Waals surface area contributed by atoms with Crippen molar-refractivity contribution >= 4 is 38.5 Å². The molecule has 0 unspecified atom stereocenters. The largest absolute Gasteiger partial charge is 0.490 e. The second-order valence-electron chi connectivity index (χ2n) is 3.79. The van der Waals surface area contributed by atoms with E-state index in [2.05, 4.69) is 43.5 Å². The molecule has 0 bridgehead atoms. The molecule has 2 rings (SSSR count). The van der Waals surface area contributed by atoms with Crippen LogP contribution in [0, 0.1) is 9.62 Å². The molecule has 3 nitrogen and oxygen atoms in total. The first kappa shape index (κ1) is 12.6. The summed E-state index contributed by atoms with van der Waals surface area (Å²) in [5.41, 5.74) is 0. The summed E-state index contributed by atoms with van der Waals surface area (Å²) >= 11 is 5.59. The molecular formula is C11H13BrINO2. The van der Waals surface area contributed by atoms with Crippen LogP contribution in [-0.2, 0) is 4.74 Å². The number of nitrogens with zero attached hydrogens (tertiary/aromatic N) is 1. The zero-order valence-electron chi connectivity index (χ0n) is 8.79. The molecule has 0 amide bonds. The molecule has 0 radical (unpaired) electrons. The molecule has 0 N–H and O–H groups in total. The van der Waals surface area contributed by atoms with Crippen LogP contribution in [0.1, 0.15) is 12.8 Å². The van der Waals surface area contributed by atoms with Gasteiger partial charge in [0.25, 0.3) is 0 Å². The third kappa shape index (κ3) is 3.56. The molecule has 88 valence electrons. The number of pyridine rings is 1. The zero-order valence-corrected chi connectivity index (χ0v) is 12.5. The minimum absolute atomic E-state index is 0.611. The maximum atomic E-state index is 5.76. The van der Waals surface area contributed by atoms with Crippen molar-refractivity contribution in [2.45, 2.75) is 12.8 Å². The SMILES string of the molecule is Brc1nc(I)ccc1OCC1CCOCC1. The van der Waals surface area contributed by atoms with Gasteiger partial charge in [-0.1, -0.05) is 0 Å². The predicted octanol–water partition coefficient (Wildman–Crippen LogP) is 3.25. The average molecular weight is 398 g/mol. The van der Waals surface area contributed by atoms with E-state index in [9.17, 15) is 0 Å². The Bertz CT molecular complexity index is 356. The van der Waals surface area contributed by atoms with Gasteiger partial charge in [0.05, 0.1) is 6.61 Å². The first-order valence-electron chi connectivity index (χ1n) is 5.28. The molecule has 2 heterocycles. The zero-order chi connectivity index (χ0) is 11.4. The lowest BCUT2D eigenvalue weighted by Gasteiger charge is -2.22. The lowest BCUT2D eigenvalue weighted by molar-refractivity contribution is 0.0496. The van der Waals surface area contributed by atoms with Crippen LogP contribution in [0.3, 0.4) is 0 Å². The summed E-state index contributed by atoms with van der Waals surface area (Å²) in [7, 11) is 0. The summed E-state index contributed by atoms with van der Waals surface area (Å²) in [4.78, 5) is 4.29. The summed E-state index contributed by atoms with van der Waals surface area (Å²) in [6.45, 7) is 2.48. The van der Waals surface area contributed by atoms with E-state index in [0.29, 0.717) is 5.92 Å². The van der Waals surface area contributed by atoms with E-state index >= 15 is 0 Å². The van der Waals surface area contributed by atoms with Gasteiger partial charge in [-0.3, -0.25) is 0 Å². The highest BCUT2D eigenvalue weighted by atomic mass is 127. The Kier molecular flexibility index (Phi) is 4.84. The van der Waals surface area contributed by atoms with Crippen LogP contribution in [0.5, 0.6) is 5.75 Å². The van der Waals surface area contributed by atoms with Crippen molar-refractivity contribution < 1.29 is 9.47 Å². The van der Waals surface area contributed by atoms with Crippen molar-refractivity contribution in [3.05, 3.63) is 20.4 Å². The van der Waals surface area contributed by atoms with Gasteiger partial charge in [0.2, 0.25) is 0 Å². The Morgan fingerprint density at radius 2 is 2.19 bits per heavy atom. The Hall–Kier alpha value is 0.120. The Morgan fingerprint density at radius 3 is 2.88 bits per heavy atom. The van der Waals surface area contributed by atoms with Gasteiger partial charge >= 0.3 is 0 Å². The summed E-state index contributed by atoms with van der Waals surface area (Å²) in [5, 5.41) is 0. The lowest BCUT2D eigenvalue weighted by Crippen LogP contribution is -2.21. The van der Waals surface area contributed by atoms with Crippen molar-refractivity contribution in [3.63, 3.8) is 0 Å². The van der Waals surface area contributed by atoms with Crippen LogP contribution < -0.4 is 4.74 Å². The fraction of sp³-hybridized carbons (Fsp3) is 0.545. The highest BCUT2D eigenvalue weighted by molar-refractivity contribution is 14.1. The predicted molar refractivity (Wildman–Crippen MR) is 73.7 cm³/mol. The normalized spacial score (nSPS) is 17.4. The van der Waals surface area contributed by atoms with Gasteiger partial charge in [0, 0.05) is 13.2 Å². The van der Waals surface area contributed by atoms with Crippen molar-refractivity contribution in [1.29, 1.82) is 0 Å². The van der Waals surface area contributed by atoms with Crippen molar-refractivity contribution in [3.8, 4) is 5.75 Å². The fourth-order valence-corrected chi connectivity index (χ4v) is 2.82. The maximum absolute atomic E-state index is 5.76. The highest BCUT2D eigenvalue weighted by Crippen LogP contribution is 2.25. The van der Waals surface area contributed by atoms with Gasteiger partial charge in [-0.25, -0.2) is 4.98 Å². The van der Waals surface area contributed by atoms with E-state index in [1.54, 1.807) is 0 Å². The third-order valence-corrected chi connectivity index (χ3v) is 3.76. The van der Waals surface area contributed by atoms with E-state index in [1.807, 2.05) is 12.1 Å². The Labute approximate surface area is 117 Å². The molecule has 1 aromatic heterocycles. The van der Waals surface area contributed by atoms with Crippen LogP contribution in [0.25, 0.3) is 0 Å². The quantitative estimate of drug-likeness (QED) is 0.579. The van der Waals surface area contributed by atoms with E-state index in [0.717, 1.165) is 46.7 Å². The van der Waals surface area contributed by atoms with E-state index in [-0.39, 0.29) is 0 Å². The molecule has 1 aliphatic rings. The minimum atomic E-state index is 0.611. The highest BCUT2D eigenvalue weighted by Gasteiger charge is 2.15. The van der Waals surface area contributed by atoms with Crippen LogP contribution in [0.4, 0.5) is 0 Å². The number of aromatic nitrogens is 1. The first-order chi connectivity index (χ1) is 7.75. The Balaban J connectivity index is 1.88. The van der Waals surface area contributed by atoms with E-state index in [4.69, 9.17) is 9.47 Å². The molecule has 0 aromatic carbocycles. The lowest BCUT2D eigenvalue weighted by atomic mass is 10.0. The molecule has 1 aromatic rings. The standard InChI is InChI=1S/C11H13BrINO2/c12-11-9(1-2-10(13)14-11)16-7-8-3-5-15-6-4-8/h1-2,8H,3-7H2. The van der Waals surface area contributed by atoms with Gasteiger partial charge in [0.1, 0.15) is 8.30 Å². The summed E-state index contributed by atoms with van der Waals surface area (Å²) < 4.78 is 12.8. The fourth-order valence-electron chi connectivity index (χ4n) is 1.63. The first-order valence-corrected chi connectivity index (χ1v) is 7.15. The van der Waals surface area contributed by atoms with E-state index < -0.39 is 0 Å². The molecule has 0 aliphatic carbocycles. The smallest absolute Gasteiger partial charge is 0.152 e. The summed E-state index contributed by atoms with van der Waals surface area (Å²) in [6, 6.07) is 3.91. The minimum Gasteiger partial charge on any atom is -0.490 e. The topological polar surface area (TPSA) is 31.4 Å². The van der Waals surface area contributed by atoms with Gasteiger partial charge in [0.15, 0.2) is 5.75 Å². The second kappa shape index (κ2) is 6.16. The average Bonchev–Trinajstić information content (AvgIpc) is 2.29. The molecule has 5 heteroatoms. The Morgan fingerprint density at radius 1 is 1.44 bits per heavy atom. The molecule has 1 fully saturated rings. The molecule has 16 heavy (non-hydrogen) atoms. The monoisotopic (exact) mass is 397 g/mol. The van der Waals surface area contributed by atoms with Gasteiger partial charge in [-0.15, -0.1) is 0 Å². The molecule has 1 aliphatic heterocycles. The molecule has 0 spiro atoms. The van der Waals surface area contributed by atoms with Crippen LogP contribution in [0.2, 0.25) is 0 Å². The number of hydrogen-bond donors (Lipinski definition) is 0. The van der Waals surface area contributed by atoms with Gasteiger partial charge in [-0.05, 0) is 69.4 Å². The van der Waals surface area contributed by atoms with Crippen molar-refractivity contribution in [1.82, 2.24) is 4.98 Å². The number of rotatable bonds is 3. The van der Waals surface area contributed by atoms with Gasteiger partial charge < -0.3 is 9.47 Å². The molecule has 1 saturated heterocycles.